The molecule has 2 aromatic carbocycles. The van der Waals surface area contributed by atoms with Crippen LogP contribution in [0, 0.1) is 5.92 Å². The number of thiophene rings is 1. The lowest BCUT2D eigenvalue weighted by Crippen LogP contribution is -2.47. The van der Waals surface area contributed by atoms with Gasteiger partial charge in [0.1, 0.15) is 10.3 Å². The Bertz CT molecular complexity index is 1350. The van der Waals surface area contributed by atoms with Crippen LogP contribution in [-0.4, -0.2) is 57.0 Å². The first kappa shape index (κ1) is 22.0. The summed E-state index contributed by atoms with van der Waals surface area (Å²) in [5.41, 5.74) is 3.66. The normalized spacial score (nSPS) is 16.4. The molecule has 0 unspecified atom stereocenters. The van der Waals surface area contributed by atoms with E-state index in [4.69, 9.17) is 22.2 Å². The molecule has 1 atom stereocenters. The zero-order valence-corrected chi connectivity index (χ0v) is 20.5. The van der Waals surface area contributed by atoms with Crippen molar-refractivity contribution in [2.24, 2.45) is 5.92 Å². The molecule has 33 heavy (non-hydrogen) atoms. The van der Waals surface area contributed by atoms with Crippen molar-refractivity contribution in [3.8, 4) is 0 Å². The van der Waals surface area contributed by atoms with Crippen LogP contribution in [0.5, 0.6) is 0 Å². The Morgan fingerprint density at radius 1 is 1.18 bits per heavy atom. The van der Waals surface area contributed by atoms with Gasteiger partial charge in [-0.2, -0.15) is 0 Å². The molecule has 1 amide bonds. The van der Waals surface area contributed by atoms with Gasteiger partial charge in [0, 0.05) is 42.0 Å². The van der Waals surface area contributed by atoms with Crippen LogP contribution >= 0.6 is 23.6 Å². The van der Waals surface area contributed by atoms with Gasteiger partial charge in [-0.05, 0) is 69.2 Å². The summed E-state index contributed by atoms with van der Waals surface area (Å²) in [6.45, 7) is 7.11. The van der Waals surface area contributed by atoms with Crippen molar-refractivity contribution < 1.29 is 4.79 Å². The molecule has 170 valence electrons. The second-order valence-electron chi connectivity index (χ2n) is 8.40. The summed E-state index contributed by atoms with van der Waals surface area (Å²) in [5, 5.41) is 5.15. The van der Waals surface area contributed by atoms with Crippen molar-refractivity contribution in [2.75, 3.05) is 31.5 Å². The van der Waals surface area contributed by atoms with Crippen LogP contribution in [-0.2, 0) is 4.79 Å². The number of anilines is 1. The van der Waals surface area contributed by atoms with E-state index in [1.807, 2.05) is 49.1 Å². The molecule has 0 aliphatic carbocycles. The third-order valence-electron chi connectivity index (χ3n) is 6.36. The number of likely N-dealkylation sites (tertiary alicyclic amines) is 1. The lowest BCUT2D eigenvalue weighted by atomic mass is 9.96. The number of thiocarbonyl (C=S) groups is 1. The first-order chi connectivity index (χ1) is 16.1. The van der Waals surface area contributed by atoms with Crippen LogP contribution in [0.3, 0.4) is 0 Å². The second kappa shape index (κ2) is 9.19. The van der Waals surface area contributed by atoms with E-state index >= 15 is 0 Å². The Morgan fingerprint density at radius 3 is 2.70 bits per heavy atom. The lowest BCUT2D eigenvalue weighted by Gasteiger charge is -2.36. The molecule has 6 nitrogen and oxygen atoms in total. The van der Waals surface area contributed by atoms with E-state index in [2.05, 4.69) is 22.3 Å². The minimum absolute atomic E-state index is 0.00486. The standard InChI is InChI=1S/C25H27N5OS2/c1-3-29(4-2)24(31)16-8-7-13-30(15-16)25(32)26-17-11-12-21-18(14-17)22-23(33-21)28-20-10-6-5-9-19(20)27-22/h5-6,9-12,14,16H,3-4,7-8,13,15H2,1-2H3,(H,26,32)/t16-/m0/s1. The fourth-order valence-corrected chi connectivity index (χ4v) is 5.87. The van der Waals surface area contributed by atoms with Crippen molar-refractivity contribution in [2.45, 2.75) is 26.7 Å². The average Bonchev–Trinajstić information content (AvgIpc) is 3.20. The topological polar surface area (TPSA) is 61.4 Å². The Morgan fingerprint density at radius 2 is 1.94 bits per heavy atom. The highest BCUT2D eigenvalue weighted by Gasteiger charge is 2.29. The van der Waals surface area contributed by atoms with E-state index in [1.165, 1.54) is 0 Å². The molecule has 0 saturated carbocycles. The molecule has 4 aromatic rings. The van der Waals surface area contributed by atoms with Gasteiger partial charge in [0.2, 0.25) is 5.91 Å². The van der Waals surface area contributed by atoms with Crippen molar-refractivity contribution in [3.63, 3.8) is 0 Å². The third-order valence-corrected chi connectivity index (χ3v) is 7.78. The maximum absolute atomic E-state index is 12.8. The minimum atomic E-state index is 0.00486. The number of piperidine rings is 1. The van der Waals surface area contributed by atoms with Crippen molar-refractivity contribution >= 4 is 71.7 Å². The van der Waals surface area contributed by atoms with E-state index in [0.29, 0.717) is 11.7 Å². The molecule has 0 radical (unpaired) electrons. The van der Waals surface area contributed by atoms with Crippen LogP contribution in [0.4, 0.5) is 5.69 Å². The molecule has 1 aliphatic rings. The summed E-state index contributed by atoms with van der Waals surface area (Å²) in [6, 6.07) is 14.2. The van der Waals surface area contributed by atoms with Gasteiger partial charge >= 0.3 is 0 Å². The summed E-state index contributed by atoms with van der Waals surface area (Å²) in [5.74, 6) is 0.245. The lowest BCUT2D eigenvalue weighted by molar-refractivity contribution is -0.136. The third kappa shape index (κ3) is 4.25. The summed E-state index contributed by atoms with van der Waals surface area (Å²) in [4.78, 5) is 27.5. The van der Waals surface area contributed by atoms with Gasteiger partial charge in [-0.15, -0.1) is 11.3 Å². The molecule has 0 bridgehead atoms. The minimum Gasteiger partial charge on any atom is -0.348 e. The van der Waals surface area contributed by atoms with Crippen molar-refractivity contribution in [3.05, 3.63) is 42.5 Å². The number of fused-ring (bicyclic) bond motifs is 4. The number of hydrogen-bond acceptors (Lipinski definition) is 5. The van der Waals surface area contributed by atoms with Crippen LogP contribution in [0.2, 0.25) is 0 Å². The predicted molar refractivity (Wildman–Crippen MR) is 141 cm³/mol. The Kier molecular flexibility index (Phi) is 6.12. The van der Waals surface area contributed by atoms with Crippen LogP contribution in [0.25, 0.3) is 31.5 Å². The highest BCUT2D eigenvalue weighted by atomic mass is 32.1. The van der Waals surface area contributed by atoms with Crippen LogP contribution in [0.15, 0.2) is 42.5 Å². The summed E-state index contributed by atoms with van der Waals surface area (Å²) in [7, 11) is 0. The fourth-order valence-electron chi connectivity index (χ4n) is 4.58. The molecule has 2 aromatic heterocycles. The SMILES string of the molecule is CCN(CC)C(=O)[C@H]1CCCN(C(=S)Nc2ccc3sc4nc5ccccc5nc4c3c2)C1. The van der Waals surface area contributed by atoms with Crippen LogP contribution < -0.4 is 5.32 Å². The summed E-state index contributed by atoms with van der Waals surface area (Å²) >= 11 is 7.40. The fraction of sp³-hybridized carbons (Fsp3) is 0.360. The monoisotopic (exact) mass is 477 g/mol. The second-order valence-corrected chi connectivity index (χ2v) is 9.82. The quantitative estimate of drug-likeness (QED) is 0.404. The van der Waals surface area contributed by atoms with Crippen molar-refractivity contribution in [1.82, 2.24) is 19.8 Å². The van der Waals surface area contributed by atoms with Crippen LogP contribution in [0.1, 0.15) is 26.7 Å². The molecular weight excluding hydrogens is 450 g/mol. The van der Waals surface area contributed by atoms with Crippen molar-refractivity contribution in [1.29, 1.82) is 0 Å². The number of aromatic nitrogens is 2. The smallest absolute Gasteiger partial charge is 0.227 e. The van der Waals surface area contributed by atoms with E-state index in [1.54, 1.807) is 11.3 Å². The maximum Gasteiger partial charge on any atom is 0.227 e. The number of benzene rings is 2. The Hall–Kier alpha value is -2.84. The molecular formula is C25H27N5OS2. The first-order valence-corrected chi connectivity index (χ1v) is 12.7. The highest BCUT2D eigenvalue weighted by molar-refractivity contribution is 7.80. The number of hydrogen-bond donors (Lipinski definition) is 1. The van der Waals surface area contributed by atoms with E-state index < -0.39 is 0 Å². The summed E-state index contributed by atoms with van der Waals surface area (Å²) < 4.78 is 1.15. The highest BCUT2D eigenvalue weighted by Crippen LogP contribution is 2.34. The largest absolute Gasteiger partial charge is 0.348 e. The number of rotatable bonds is 4. The van der Waals surface area contributed by atoms with Gasteiger partial charge in [-0.25, -0.2) is 9.97 Å². The van der Waals surface area contributed by atoms with E-state index in [0.717, 1.165) is 69.6 Å². The van der Waals surface area contributed by atoms with E-state index in [9.17, 15) is 4.79 Å². The summed E-state index contributed by atoms with van der Waals surface area (Å²) in [6.07, 6.45) is 1.89. The molecule has 0 spiro atoms. The van der Waals surface area contributed by atoms with Gasteiger partial charge < -0.3 is 15.1 Å². The van der Waals surface area contributed by atoms with Gasteiger partial charge in [-0.3, -0.25) is 4.79 Å². The zero-order chi connectivity index (χ0) is 22.9. The number of carbonyl (C=O) groups is 1. The Labute approximate surface area is 202 Å². The zero-order valence-electron chi connectivity index (χ0n) is 18.9. The molecule has 5 rings (SSSR count). The number of para-hydroxylation sites is 2. The molecule has 3 heterocycles. The predicted octanol–water partition coefficient (Wildman–Crippen LogP) is 5.27. The molecule has 1 aliphatic heterocycles. The Balaban J connectivity index is 1.37. The van der Waals surface area contributed by atoms with Gasteiger partial charge in [0.25, 0.3) is 0 Å². The number of carbonyl (C=O) groups excluding carboxylic acids is 1. The van der Waals surface area contributed by atoms with Gasteiger partial charge in [0.05, 0.1) is 17.0 Å². The van der Waals surface area contributed by atoms with Gasteiger partial charge in [-0.1, -0.05) is 12.1 Å². The number of nitrogens with one attached hydrogen (secondary N) is 1. The number of amides is 1. The van der Waals surface area contributed by atoms with Gasteiger partial charge in [0.15, 0.2) is 5.11 Å². The molecule has 8 heteroatoms. The maximum atomic E-state index is 12.8. The van der Waals surface area contributed by atoms with E-state index in [-0.39, 0.29) is 11.8 Å². The first-order valence-electron chi connectivity index (χ1n) is 11.5. The molecule has 1 saturated heterocycles. The molecule has 1 fully saturated rings. The molecule has 1 N–H and O–H groups in total. The number of nitrogens with zero attached hydrogens (tertiary/aromatic N) is 4. The average molecular weight is 478 g/mol.